The number of carbonyl (C=O) groups is 1. The highest BCUT2D eigenvalue weighted by Gasteiger charge is 2.32. The van der Waals surface area contributed by atoms with Crippen LogP contribution in [0, 0.1) is 17.2 Å². The predicted molar refractivity (Wildman–Crippen MR) is 68.9 cm³/mol. The maximum absolute atomic E-state index is 12.8. The first-order valence-electron chi connectivity index (χ1n) is 5.30. The van der Waals surface area contributed by atoms with Gasteiger partial charge in [0, 0.05) is 15.6 Å². The van der Waals surface area contributed by atoms with E-state index in [2.05, 4.69) is 20.9 Å². The average molecular weight is 325 g/mol. The molecule has 1 aliphatic heterocycles. The zero-order valence-corrected chi connectivity index (χ0v) is 11.1. The first-order chi connectivity index (χ1) is 9.02. The zero-order valence-electron chi connectivity index (χ0n) is 9.48. The largest absolute Gasteiger partial charge is 0.271 e. The van der Waals surface area contributed by atoms with Gasteiger partial charge in [-0.25, -0.2) is 13.8 Å². The lowest BCUT2D eigenvalue weighted by molar-refractivity contribution is -0.119. The van der Waals surface area contributed by atoms with Crippen LogP contribution in [-0.2, 0) is 4.79 Å². The second kappa shape index (κ2) is 5.41. The van der Waals surface area contributed by atoms with Crippen molar-refractivity contribution in [1.29, 1.82) is 5.26 Å². The Labute approximate surface area is 116 Å². The molecule has 0 aromatic heterocycles. The number of alkyl halides is 2. The third-order valence-electron chi connectivity index (χ3n) is 2.64. The molecule has 1 amide bonds. The fourth-order valence-electron chi connectivity index (χ4n) is 1.69. The number of hydrogen-bond donors (Lipinski definition) is 0. The van der Waals surface area contributed by atoms with E-state index in [1.54, 1.807) is 30.3 Å². The Morgan fingerprint density at radius 2 is 1.95 bits per heavy atom. The molecule has 1 heterocycles. The molecule has 0 fully saturated rings. The number of dihydropyridines is 1. The number of nitriles is 1. The molecule has 0 radical (unpaired) electrons. The lowest BCUT2D eigenvalue weighted by Crippen LogP contribution is -2.24. The van der Waals surface area contributed by atoms with Crippen LogP contribution in [0.25, 0.3) is 0 Å². The van der Waals surface area contributed by atoms with Crippen molar-refractivity contribution in [1.82, 2.24) is 0 Å². The summed E-state index contributed by atoms with van der Waals surface area (Å²) in [6.45, 7) is 0. The van der Waals surface area contributed by atoms with Crippen LogP contribution in [0.1, 0.15) is 5.56 Å². The molecule has 1 aromatic carbocycles. The molecule has 1 aliphatic rings. The van der Waals surface area contributed by atoms with Crippen molar-refractivity contribution >= 4 is 27.5 Å². The summed E-state index contributed by atoms with van der Waals surface area (Å²) in [5, 5.41) is 8.75. The lowest BCUT2D eigenvalue weighted by atomic mass is 9.94. The number of benzene rings is 1. The minimum atomic E-state index is -2.85. The lowest BCUT2D eigenvalue weighted by Gasteiger charge is -2.16. The van der Waals surface area contributed by atoms with Gasteiger partial charge in [-0.05, 0) is 18.2 Å². The first-order valence-corrected chi connectivity index (χ1v) is 6.10. The predicted octanol–water partition coefficient (Wildman–Crippen LogP) is 3.11. The quantitative estimate of drug-likeness (QED) is 0.839. The van der Waals surface area contributed by atoms with Gasteiger partial charge in [-0.2, -0.15) is 5.26 Å². The standard InChI is InChI=1S/C13H7BrF2N2O/c14-8-3-1-7(2-4-8)11-5-9(12(15)16)10(6-17)13(19)18-11/h1-5,10,12H. The van der Waals surface area contributed by atoms with Crippen LogP contribution in [-0.4, -0.2) is 18.0 Å². The fraction of sp³-hybridized carbons (Fsp3) is 0.154. The minimum absolute atomic E-state index is 0.152. The molecule has 1 unspecified atom stereocenters. The SMILES string of the molecule is N#CC1C(=O)N=C(c2ccc(Br)cc2)C=C1C(F)F. The summed E-state index contributed by atoms with van der Waals surface area (Å²) in [6, 6.07) is 8.30. The van der Waals surface area contributed by atoms with Gasteiger partial charge in [0.15, 0.2) is 5.92 Å². The van der Waals surface area contributed by atoms with Gasteiger partial charge in [-0.3, -0.25) is 4.79 Å². The molecule has 0 aliphatic carbocycles. The Morgan fingerprint density at radius 1 is 1.32 bits per heavy atom. The number of carbonyl (C=O) groups excluding carboxylic acids is 1. The van der Waals surface area contributed by atoms with Gasteiger partial charge in [0.1, 0.15) is 0 Å². The van der Waals surface area contributed by atoms with Gasteiger partial charge in [-0.15, -0.1) is 0 Å². The third-order valence-corrected chi connectivity index (χ3v) is 3.16. The first kappa shape index (κ1) is 13.6. The summed E-state index contributed by atoms with van der Waals surface area (Å²) >= 11 is 3.25. The Hall–Kier alpha value is -1.87. The van der Waals surface area contributed by atoms with Crippen LogP contribution >= 0.6 is 15.9 Å². The summed E-state index contributed by atoms with van der Waals surface area (Å²) in [5.74, 6) is -2.34. The molecule has 19 heavy (non-hydrogen) atoms. The van der Waals surface area contributed by atoms with Crippen LogP contribution in [0.5, 0.6) is 0 Å². The minimum Gasteiger partial charge on any atom is -0.271 e. The highest BCUT2D eigenvalue weighted by molar-refractivity contribution is 9.10. The molecular weight excluding hydrogens is 318 g/mol. The van der Waals surface area contributed by atoms with Crippen molar-refractivity contribution in [2.24, 2.45) is 10.9 Å². The van der Waals surface area contributed by atoms with E-state index in [1.807, 2.05) is 0 Å². The van der Waals surface area contributed by atoms with Gasteiger partial charge >= 0.3 is 0 Å². The molecule has 3 nitrogen and oxygen atoms in total. The third kappa shape index (κ3) is 2.76. The van der Waals surface area contributed by atoms with Crippen molar-refractivity contribution in [3.63, 3.8) is 0 Å². The number of aliphatic imine (C=N–C) groups is 1. The topological polar surface area (TPSA) is 53.2 Å². The highest BCUT2D eigenvalue weighted by Crippen LogP contribution is 2.25. The maximum Gasteiger partial charge on any atom is 0.268 e. The summed E-state index contributed by atoms with van der Waals surface area (Å²) in [6.07, 6.45) is -1.74. The van der Waals surface area contributed by atoms with Crippen LogP contribution in [0.15, 0.2) is 45.4 Å². The highest BCUT2D eigenvalue weighted by atomic mass is 79.9. The Balaban J connectivity index is 2.45. The van der Waals surface area contributed by atoms with Gasteiger partial charge < -0.3 is 0 Å². The summed E-state index contributed by atoms with van der Waals surface area (Å²) in [7, 11) is 0. The molecule has 6 heteroatoms. The van der Waals surface area contributed by atoms with Crippen molar-refractivity contribution < 1.29 is 13.6 Å². The van der Waals surface area contributed by atoms with Crippen LogP contribution in [0.4, 0.5) is 8.78 Å². The van der Waals surface area contributed by atoms with Gasteiger partial charge in [-0.1, -0.05) is 28.1 Å². The van der Waals surface area contributed by atoms with E-state index in [0.717, 1.165) is 10.5 Å². The number of nitrogens with zero attached hydrogens (tertiary/aromatic N) is 2. The zero-order chi connectivity index (χ0) is 14.0. The second-order valence-electron chi connectivity index (χ2n) is 3.85. The molecule has 1 aromatic rings. The molecule has 0 N–H and O–H groups in total. The number of halogens is 3. The Morgan fingerprint density at radius 3 is 2.47 bits per heavy atom. The smallest absolute Gasteiger partial charge is 0.268 e. The number of hydrogen-bond acceptors (Lipinski definition) is 2. The summed E-state index contributed by atoms with van der Waals surface area (Å²) in [5.41, 5.74) is 0.200. The van der Waals surface area contributed by atoms with Gasteiger partial charge in [0.2, 0.25) is 0 Å². The monoisotopic (exact) mass is 324 g/mol. The number of allylic oxidation sites excluding steroid dienone is 1. The number of rotatable bonds is 2. The Kier molecular flexibility index (Phi) is 3.86. The van der Waals surface area contributed by atoms with Crippen LogP contribution in [0.2, 0.25) is 0 Å². The number of amides is 1. The van der Waals surface area contributed by atoms with E-state index in [9.17, 15) is 13.6 Å². The normalized spacial score (nSPS) is 18.9. The van der Waals surface area contributed by atoms with Gasteiger partial charge in [0.25, 0.3) is 12.3 Å². The van der Waals surface area contributed by atoms with Crippen molar-refractivity contribution in [2.45, 2.75) is 6.43 Å². The molecular formula is C13H7BrF2N2O. The van der Waals surface area contributed by atoms with E-state index in [4.69, 9.17) is 5.26 Å². The molecule has 0 saturated heterocycles. The molecule has 0 bridgehead atoms. The average Bonchev–Trinajstić information content (AvgIpc) is 2.38. The van der Waals surface area contributed by atoms with E-state index in [1.165, 1.54) is 0 Å². The van der Waals surface area contributed by atoms with Crippen molar-refractivity contribution in [3.8, 4) is 6.07 Å². The molecule has 0 spiro atoms. The van der Waals surface area contributed by atoms with E-state index < -0.39 is 23.8 Å². The fourth-order valence-corrected chi connectivity index (χ4v) is 1.95. The second-order valence-corrected chi connectivity index (χ2v) is 4.76. The van der Waals surface area contributed by atoms with Crippen molar-refractivity contribution in [2.75, 3.05) is 0 Å². The van der Waals surface area contributed by atoms with Gasteiger partial charge in [0.05, 0.1) is 11.8 Å². The maximum atomic E-state index is 12.8. The van der Waals surface area contributed by atoms with E-state index in [0.29, 0.717) is 5.56 Å². The van der Waals surface area contributed by atoms with Crippen molar-refractivity contribution in [3.05, 3.63) is 46.0 Å². The molecule has 1 atom stereocenters. The van der Waals surface area contributed by atoms with Crippen LogP contribution < -0.4 is 0 Å². The molecule has 0 saturated carbocycles. The summed E-state index contributed by atoms with van der Waals surface area (Å²) in [4.78, 5) is 15.3. The van der Waals surface area contributed by atoms with E-state index >= 15 is 0 Å². The van der Waals surface area contributed by atoms with Crippen LogP contribution in [0.3, 0.4) is 0 Å². The molecule has 2 rings (SSSR count). The molecule has 96 valence electrons. The van der Waals surface area contributed by atoms with E-state index in [-0.39, 0.29) is 5.71 Å². The Bertz CT molecular complexity index is 615. The summed E-state index contributed by atoms with van der Waals surface area (Å²) < 4.78 is 26.5.